The summed E-state index contributed by atoms with van der Waals surface area (Å²) in [5.74, 6) is -0.616. The molecule has 1 aromatic carbocycles. The topological polar surface area (TPSA) is 68.0 Å². The van der Waals surface area contributed by atoms with Crippen LogP contribution in [0.4, 0.5) is 4.39 Å². The average molecular weight is 321 g/mol. The van der Waals surface area contributed by atoms with E-state index in [0.29, 0.717) is 22.8 Å². The van der Waals surface area contributed by atoms with E-state index in [1.807, 2.05) is 13.8 Å². The van der Waals surface area contributed by atoms with Gasteiger partial charge in [-0.25, -0.2) is 9.37 Å². The van der Waals surface area contributed by atoms with E-state index < -0.39 is 5.54 Å². The third kappa shape index (κ3) is 3.34. The second-order valence-corrected chi connectivity index (χ2v) is 6.02. The third-order valence-electron chi connectivity index (χ3n) is 3.96. The summed E-state index contributed by atoms with van der Waals surface area (Å²) in [4.78, 5) is 16.6. The summed E-state index contributed by atoms with van der Waals surface area (Å²) in [7, 11) is 0. The van der Waals surface area contributed by atoms with Gasteiger partial charge in [0.1, 0.15) is 16.5 Å². The van der Waals surface area contributed by atoms with Crippen LogP contribution in [0.1, 0.15) is 37.2 Å². The van der Waals surface area contributed by atoms with Gasteiger partial charge in [-0.05, 0) is 25.0 Å². The largest absolute Gasteiger partial charge is 0.344 e. The number of hydrogen-bond acceptors (Lipinski definition) is 4. The predicted molar refractivity (Wildman–Crippen MR) is 87.3 cm³/mol. The van der Waals surface area contributed by atoms with Gasteiger partial charge in [-0.2, -0.15) is 0 Å². The number of amides is 1. The smallest absolute Gasteiger partial charge is 0.271 e. The first kappa shape index (κ1) is 16.6. The van der Waals surface area contributed by atoms with Crippen LogP contribution in [0.3, 0.4) is 0 Å². The number of aromatic nitrogens is 1. The zero-order chi connectivity index (χ0) is 16.2. The number of carbonyl (C=O) groups excluding carboxylic acids is 1. The average Bonchev–Trinajstić information content (AvgIpc) is 3.03. The molecule has 0 radical (unpaired) electrons. The number of hydrogen-bond donors (Lipinski definition) is 2. The molecule has 0 aliphatic rings. The summed E-state index contributed by atoms with van der Waals surface area (Å²) in [6.07, 6.45) is 1.49. The summed E-state index contributed by atoms with van der Waals surface area (Å²) in [6.45, 7) is 4.35. The number of carbonyl (C=O) groups is 1. The second-order valence-electron chi connectivity index (χ2n) is 5.16. The molecule has 0 fully saturated rings. The first-order valence-electron chi connectivity index (χ1n) is 7.28. The Morgan fingerprint density at radius 3 is 2.64 bits per heavy atom. The Bertz CT molecular complexity index is 644. The van der Waals surface area contributed by atoms with E-state index in [9.17, 15) is 9.18 Å². The molecule has 0 saturated carbocycles. The number of rotatable bonds is 6. The second kappa shape index (κ2) is 6.98. The van der Waals surface area contributed by atoms with Gasteiger partial charge in [-0.3, -0.25) is 4.79 Å². The third-order valence-corrected chi connectivity index (χ3v) is 4.84. The molecule has 6 heteroatoms. The number of thiazole rings is 1. The zero-order valence-corrected chi connectivity index (χ0v) is 13.5. The van der Waals surface area contributed by atoms with Crippen molar-refractivity contribution in [3.05, 3.63) is 41.2 Å². The maximum atomic E-state index is 13.8. The van der Waals surface area contributed by atoms with Crippen molar-refractivity contribution in [3.8, 4) is 10.6 Å². The van der Waals surface area contributed by atoms with Crippen LogP contribution in [-0.2, 0) is 0 Å². The monoisotopic (exact) mass is 321 g/mol. The standard InChI is InChI=1S/C16H20FN3OS/c1-3-16(4-2,10-18)20-14(21)13-9-22-15(19-13)11-7-5-6-8-12(11)17/h5-9H,3-4,10,18H2,1-2H3,(H,20,21). The summed E-state index contributed by atoms with van der Waals surface area (Å²) in [5.41, 5.74) is 6.07. The van der Waals surface area contributed by atoms with Crippen LogP contribution in [0.15, 0.2) is 29.6 Å². The van der Waals surface area contributed by atoms with Crippen molar-refractivity contribution >= 4 is 17.2 Å². The van der Waals surface area contributed by atoms with Gasteiger partial charge in [0.2, 0.25) is 0 Å². The Kier molecular flexibility index (Phi) is 5.26. The molecule has 0 aliphatic carbocycles. The van der Waals surface area contributed by atoms with Crippen molar-refractivity contribution in [1.82, 2.24) is 10.3 Å². The van der Waals surface area contributed by atoms with Crippen molar-refractivity contribution in [2.45, 2.75) is 32.2 Å². The molecule has 0 aliphatic heterocycles. The fourth-order valence-electron chi connectivity index (χ4n) is 2.21. The molecule has 1 aromatic heterocycles. The van der Waals surface area contributed by atoms with E-state index in [2.05, 4.69) is 10.3 Å². The lowest BCUT2D eigenvalue weighted by Gasteiger charge is -2.31. The first-order chi connectivity index (χ1) is 10.5. The fourth-order valence-corrected chi connectivity index (χ4v) is 3.03. The molecule has 1 amide bonds. The number of nitrogens with one attached hydrogen (secondary N) is 1. The van der Waals surface area contributed by atoms with Gasteiger partial charge >= 0.3 is 0 Å². The molecule has 0 bridgehead atoms. The molecule has 2 aromatic rings. The lowest BCUT2D eigenvalue weighted by molar-refractivity contribution is 0.0891. The molecule has 1 heterocycles. The molecular formula is C16H20FN3OS. The van der Waals surface area contributed by atoms with E-state index in [4.69, 9.17) is 5.73 Å². The van der Waals surface area contributed by atoms with E-state index >= 15 is 0 Å². The lowest BCUT2D eigenvalue weighted by Crippen LogP contribution is -2.52. The molecular weight excluding hydrogens is 301 g/mol. The Morgan fingerprint density at radius 1 is 1.36 bits per heavy atom. The van der Waals surface area contributed by atoms with Crippen molar-refractivity contribution in [2.24, 2.45) is 5.73 Å². The molecule has 2 rings (SSSR count). The van der Waals surface area contributed by atoms with Gasteiger partial charge in [0, 0.05) is 17.5 Å². The van der Waals surface area contributed by atoms with Crippen LogP contribution in [0.2, 0.25) is 0 Å². The van der Waals surface area contributed by atoms with E-state index in [0.717, 1.165) is 12.8 Å². The minimum Gasteiger partial charge on any atom is -0.344 e. The summed E-state index contributed by atoms with van der Waals surface area (Å²) < 4.78 is 13.8. The van der Waals surface area contributed by atoms with Crippen molar-refractivity contribution in [2.75, 3.05) is 6.54 Å². The van der Waals surface area contributed by atoms with Crippen LogP contribution in [-0.4, -0.2) is 23.0 Å². The van der Waals surface area contributed by atoms with Crippen LogP contribution >= 0.6 is 11.3 Å². The van der Waals surface area contributed by atoms with Crippen molar-refractivity contribution < 1.29 is 9.18 Å². The SMILES string of the molecule is CCC(CC)(CN)NC(=O)c1csc(-c2ccccc2F)n1. The molecule has 3 N–H and O–H groups in total. The van der Waals surface area contributed by atoms with Crippen LogP contribution in [0, 0.1) is 5.82 Å². The summed E-state index contributed by atoms with van der Waals surface area (Å²) in [6, 6.07) is 6.40. The number of nitrogens with zero attached hydrogens (tertiary/aromatic N) is 1. The fraction of sp³-hybridized carbons (Fsp3) is 0.375. The maximum Gasteiger partial charge on any atom is 0.271 e. The van der Waals surface area contributed by atoms with Gasteiger partial charge in [-0.1, -0.05) is 26.0 Å². The van der Waals surface area contributed by atoms with E-state index in [1.54, 1.807) is 23.6 Å². The number of benzene rings is 1. The number of halogens is 1. The molecule has 0 spiro atoms. The molecule has 0 unspecified atom stereocenters. The van der Waals surface area contributed by atoms with Gasteiger partial charge in [-0.15, -0.1) is 11.3 Å². The van der Waals surface area contributed by atoms with Crippen LogP contribution in [0.25, 0.3) is 10.6 Å². The highest BCUT2D eigenvalue weighted by Gasteiger charge is 2.27. The normalized spacial score (nSPS) is 11.5. The minimum atomic E-state index is -0.418. The summed E-state index contributed by atoms with van der Waals surface area (Å²) >= 11 is 1.25. The van der Waals surface area contributed by atoms with Crippen molar-refractivity contribution in [1.29, 1.82) is 0 Å². The molecule has 118 valence electrons. The molecule has 0 atom stereocenters. The Labute approximate surface area is 133 Å². The minimum absolute atomic E-state index is 0.270. The predicted octanol–water partition coefficient (Wildman–Crippen LogP) is 3.20. The zero-order valence-electron chi connectivity index (χ0n) is 12.7. The molecule has 0 saturated heterocycles. The molecule has 22 heavy (non-hydrogen) atoms. The van der Waals surface area contributed by atoms with Crippen LogP contribution in [0.5, 0.6) is 0 Å². The number of nitrogens with two attached hydrogens (primary N) is 1. The molecule has 4 nitrogen and oxygen atoms in total. The highest BCUT2D eigenvalue weighted by Crippen LogP contribution is 2.26. The quantitative estimate of drug-likeness (QED) is 0.858. The van der Waals surface area contributed by atoms with Crippen molar-refractivity contribution in [3.63, 3.8) is 0 Å². The van der Waals surface area contributed by atoms with Gasteiger partial charge in [0.15, 0.2) is 0 Å². The Balaban J connectivity index is 2.21. The maximum absolute atomic E-state index is 13.8. The highest BCUT2D eigenvalue weighted by molar-refractivity contribution is 7.13. The van der Waals surface area contributed by atoms with Crippen LogP contribution < -0.4 is 11.1 Å². The van der Waals surface area contributed by atoms with Gasteiger partial charge < -0.3 is 11.1 Å². The van der Waals surface area contributed by atoms with E-state index in [1.165, 1.54) is 17.4 Å². The van der Waals surface area contributed by atoms with E-state index in [-0.39, 0.29) is 11.7 Å². The van der Waals surface area contributed by atoms with Gasteiger partial charge in [0.25, 0.3) is 5.91 Å². The lowest BCUT2D eigenvalue weighted by atomic mass is 9.93. The Hall–Kier alpha value is -1.79. The van der Waals surface area contributed by atoms with Gasteiger partial charge in [0.05, 0.1) is 5.54 Å². The first-order valence-corrected chi connectivity index (χ1v) is 8.16. The highest BCUT2D eigenvalue weighted by atomic mass is 32.1. The Morgan fingerprint density at radius 2 is 2.05 bits per heavy atom. The summed E-state index contributed by atoms with van der Waals surface area (Å²) in [5, 5.41) is 5.10.